The van der Waals surface area contributed by atoms with E-state index in [1.807, 2.05) is 19.1 Å². The first kappa shape index (κ1) is 20.5. The maximum atomic E-state index is 12.5. The van der Waals surface area contributed by atoms with E-state index >= 15 is 0 Å². The lowest BCUT2D eigenvalue weighted by Crippen LogP contribution is -2.50. The topological polar surface area (TPSA) is 111 Å². The summed E-state index contributed by atoms with van der Waals surface area (Å²) in [4.78, 5) is 24.6. The van der Waals surface area contributed by atoms with E-state index in [1.54, 1.807) is 13.2 Å². The van der Waals surface area contributed by atoms with Crippen molar-refractivity contribution in [1.29, 1.82) is 0 Å². The number of thioether (sulfide) groups is 1. The fraction of sp³-hybridized carbons (Fsp3) is 0.500. The second kappa shape index (κ2) is 8.95. The molecule has 1 unspecified atom stereocenters. The van der Waals surface area contributed by atoms with Crippen molar-refractivity contribution in [2.45, 2.75) is 56.8 Å². The highest BCUT2D eigenvalue weighted by molar-refractivity contribution is 7.99. The molecule has 2 aliphatic rings. The highest BCUT2D eigenvalue weighted by Gasteiger charge is 2.33. The van der Waals surface area contributed by atoms with Crippen LogP contribution in [0, 0.1) is 0 Å². The Morgan fingerprint density at radius 1 is 1.37 bits per heavy atom. The Balaban J connectivity index is 1.59. The number of rotatable bonds is 9. The molecule has 1 atom stereocenters. The first-order valence-electron chi connectivity index (χ1n) is 10.2. The molecule has 4 rings (SSSR count). The summed E-state index contributed by atoms with van der Waals surface area (Å²) in [6.07, 6.45) is 4.46. The zero-order valence-corrected chi connectivity index (χ0v) is 17.8. The van der Waals surface area contributed by atoms with Crippen LogP contribution in [0.3, 0.4) is 0 Å². The van der Waals surface area contributed by atoms with Gasteiger partial charge in [0.25, 0.3) is 0 Å². The van der Waals surface area contributed by atoms with Gasteiger partial charge in [-0.25, -0.2) is 9.59 Å². The van der Waals surface area contributed by atoms with Crippen molar-refractivity contribution in [2.24, 2.45) is 0 Å². The number of nitrogens with zero attached hydrogens (tertiary/aromatic N) is 3. The lowest BCUT2D eigenvalue weighted by molar-refractivity contribution is -0.139. The summed E-state index contributed by atoms with van der Waals surface area (Å²) < 4.78 is 12.8. The van der Waals surface area contributed by atoms with Gasteiger partial charge in [0.05, 0.1) is 31.0 Å². The molecule has 1 saturated carbocycles. The zero-order chi connectivity index (χ0) is 21.1. The second-order valence-corrected chi connectivity index (χ2v) is 8.18. The predicted molar refractivity (Wildman–Crippen MR) is 110 cm³/mol. The maximum absolute atomic E-state index is 12.5. The lowest BCUT2D eigenvalue weighted by atomic mass is 10.0. The number of hydrogen-bond donors (Lipinski definition) is 2. The van der Waals surface area contributed by atoms with Gasteiger partial charge in [0.15, 0.2) is 5.16 Å². The number of hydrogen-bond acceptors (Lipinski definition) is 7. The Hall–Kier alpha value is -2.75. The molecule has 2 aromatic rings. The molecule has 1 aliphatic heterocycles. The van der Waals surface area contributed by atoms with Gasteiger partial charge in [0.1, 0.15) is 11.6 Å². The molecule has 160 valence electrons. The Morgan fingerprint density at radius 2 is 2.20 bits per heavy atom. The summed E-state index contributed by atoms with van der Waals surface area (Å²) >= 11 is 1.43. The van der Waals surface area contributed by atoms with Gasteiger partial charge in [-0.3, -0.25) is 4.57 Å². The first-order valence-corrected chi connectivity index (χ1v) is 11.1. The fourth-order valence-corrected chi connectivity index (χ4v) is 4.38. The molecule has 2 amide bonds. The minimum atomic E-state index is -0.414. The van der Waals surface area contributed by atoms with Crippen LogP contribution in [0.25, 0.3) is 0 Å². The van der Waals surface area contributed by atoms with Crippen molar-refractivity contribution in [3.8, 4) is 0 Å². The number of carbonyl (C=O) groups excluding carboxylic acids is 2. The van der Waals surface area contributed by atoms with Crippen LogP contribution in [0.1, 0.15) is 50.6 Å². The van der Waals surface area contributed by atoms with E-state index in [9.17, 15) is 9.59 Å². The molecule has 2 N–H and O–H groups in total. The van der Waals surface area contributed by atoms with Crippen molar-refractivity contribution < 1.29 is 18.7 Å². The molecular weight excluding hydrogens is 406 g/mol. The maximum Gasteiger partial charge on any atom is 0.337 e. The normalized spacial score (nSPS) is 18.9. The van der Waals surface area contributed by atoms with Crippen LogP contribution in [0.15, 0.2) is 39.2 Å². The number of furan rings is 1. The molecule has 0 saturated heterocycles. The smallest absolute Gasteiger partial charge is 0.337 e. The summed E-state index contributed by atoms with van der Waals surface area (Å²) in [5.41, 5.74) is 1.01. The number of esters is 1. The van der Waals surface area contributed by atoms with Crippen LogP contribution in [0.4, 0.5) is 4.79 Å². The molecule has 0 aromatic carbocycles. The average Bonchev–Trinajstić information content (AvgIpc) is 3.29. The molecule has 9 nitrogen and oxygen atoms in total. The number of ether oxygens (including phenoxy) is 1. The van der Waals surface area contributed by atoms with E-state index in [2.05, 4.69) is 25.4 Å². The Bertz CT molecular complexity index is 949. The van der Waals surface area contributed by atoms with E-state index in [-0.39, 0.29) is 18.7 Å². The van der Waals surface area contributed by atoms with Gasteiger partial charge < -0.3 is 19.8 Å². The third-order valence-corrected chi connectivity index (χ3v) is 6.07. The highest BCUT2D eigenvalue weighted by Crippen LogP contribution is 2.40. The standard InChI is InChI=1S/C20H25N5O4S/c1-3-14-16(18(26)28-4-2)15(22-19(27)21-14)11-30-20-24-23-17(12-7-8-12)25(20)10-13-6-5-9-29-13/h5-6,9,12,14H,3-4,7-8,10-11H2,1-2H3,(H2,21,22,27). The Kier molecular flexibility index (Phi) is 6.12. The van der Waals surface area contributed by atoms with Crippen LogP contribution in [0.2, 0.25) is 0 Å². The van der Waals surface area contributed by atoms with Gasteiger partial charge in [-0.05, 0) is 38.3 Å². The number of carbonyl (C=O) groups is 2. The molecule has 0 bridgehead atoms. The van der Waals surface area contributed by atoms with Gasteiger partial charge in [0, 0.05) is 17.4 Å². The van der Waals surface area contributed by atoms with Crippen molar-refractivity contribution in [3.63, 3.8) is 0 Å². The lowest BCUT2D eigenvalue weighted by Gasteiger charge is -2.28. The van der Waals surface area contributed by atoms with E-state index < -0.39 is 5.97 Å². The summed E-state index contributed by atoms with van der Waals surface area (Å²) in [5.74, 6) is 2.17. The predicted octanol–water partition coefficient (Wildman–Crippen LogP) is 2.80. The van der Waals surface area contributed by atoms with Crippen molar-refractivity contribution in [1.82, 2.24) is 25.4 Å². The minimum Gasteiger partial charge on any atom is -0.467 e. The zero-order valence-electron chi connectivity index (χ0n) is 17.0. The molecule has 30 heavy (non-hydrogen) atoms. The number of amides is 2. The van der Waals surface area contributed by atoms with Crippen LogP contribution in [-0.4, -0.2) is 45.2 Å². The van der Waals surface area contributed by atoms with Crippen LogP contribution in [0.5, 0.6) is 0 Å². The van der Waals surface area contributed by atoms with Crippen LogP contribution < -0.4 is 10.6 Å². The van der Waals surface area contributed by atoms with Crippen LogP contribution >= 0.6 is 11.8 Å². The number of urea groups is 1. The molecule has 1 aliphatic carbocycles. The fourth-order valence-electron chi connectivity index (χ4n) is 3.47. The summed E-state index contributed by atoms with van der Waals surface area (Å²) in [5, 5.41) is 15.1. The van der Waals surface area contributed by atoms with Gasteiger partial charge in [0.2, 0.25) is 0 Å². The largest absolute Gasteiger partial charge is 0.467 e. The van der Waals surface area contributed by atoms with Gasteiger partial charge in [-0.1, -0.05) is 18.7 Å². The SMILES string of the molecule is CCOC(=O)C1=C(CSc2nnc(C3CC3)n2Cc2ccco2)NC(=O)NC1CC. The third-order valence-electron chi connectivity index (χ3n) is 5.07. The van der Waals surface area contributed by atoms with Gasteiger partial charge in [-0.2, -0.15) is 0 Å². The molecular formula is C20H25N5O4S. The Morgan fingerprint density at radius 3 is 2.87 bits per heavy atom. The van der Waals surface area contributed by atoms with Crippen molar-refractivity contribution in [2.75, 3.05) is 12.4 Å². The van der Waals surface area contributed by atoms with Gasteiger partial charge >= 0.3 is 12.0 Å². The van der Waals surface area contributed by atoms with E-state index in [0.29, 0.717) is 35.9 Å². The molecule has 0 spiro atoms. The molecule has 2 aromatic heterocycles. The van der Waals surface area contributed by atoms with E-state index in [0.717, 1.165) is 29.6 Å². The summed E-state index contributed by atoms with van der Waals surface area (Å²) in [6.45, 7) is 4.50. The highest BCUT2D eigenvalue weighted by atomic mass is 32.2. The summed E-state index contributed by atoms with van der Waals surface area (Å²) in [6, 6.07) is 3.08. The quantitative estimate of drug-likeness (QED) is 0.464. The molecule has 3 heterocycles. The van der Waals surface area contributed by atoms with Crippen molar-refractivity contribution in [3.05, 3.63) is 41.3 Å². The number of nitrogens with one attached hydrogen (secondary N) is 2. The monoisotopic (exact) mass is 431 g/mol. The molecule has 1 fully saturated rings. The van der Waals surface area contributed by atoms with Gasteiger partial charge in [-0.15, -0.1) is 10.2 Å². The number of aromatic nitrogens is 3. The van der Waals surface area contributed by atoms with Crippen molar-refractivity contribution >= 4 is 23.8 Å². The summed E-state index contributed by atoms with van der Waals surface area (Å²) in [7, 11) is 0. The minimum absolute atomic E-state index is 0.273. The Labute approximate surface area is 178 Å². The van der Waals surface area contributed by atoms with E-state index in [4.69, 9.17) is 9.15 Å². The van der Waals surface area contributed by atoms with Crippen LogP contribution in [-0.2, 0) is 16.1 Å². The first-order chi connectivity index (χ1) is 14.6. The average molecular weight is 432 g/mol. The van der Waals surface area contributed by atoms with E-state index in [1.165, 1.54) is 11.8 Å². The third kappa shape index (κ3) is 4.38. The molecule has 0 radical (unpaired) electrons. The second-order valence-electron chi connectivity index (χ2n) is 7.24. The molecule has 10 heteroatoms.